The number of hydrogen-bond acceptors (Lipinski definition) is 4. The first-order valence-corrected chi connectivity index (χ1v) is 6.22. The van der Waals surface area contributed by atoms with Crippen LogP contribution in [-0.2, 0) is 6.54 Å². The molecular weight excluding hydrogens is 257 g/mol. The number of ether oxygens (including phenoxy) is 1. The third-order valence-corrected chi connectivity index (χ3v) is 3.18. The van der Waals surface area contributed by atoms with Crippen molar-refractivity contribution in [1.82, 2.24) is 4.57 Å². The second kappa shape index (κ2) is 5.94. The second-order valence-electron chi connectivity index (χ2n) is 4.56. The van der Waals surface area contributed by atoms with Gasteiger partial charge in [0.1, 0.15) is 5.75 Å². The number of aromatic nitrogens is 1. The van der Waals surface area contributed by atoms with Crippen LogP contribution in [0.2, 0.25) is 0 Å². The largest absolute Gasteiger partial charge is 0.497 e. The van der Waals surface area contributed by atoms with Gasteiger partial charge in [0.25, 0.3) is 5.56 Å². The lowest BCUT2D eigenvalue weighted by molar-refractivity contribution is 0.413. The van der Waals surface area contributed by atoms with Gasteiger partial charge in [-0.2, -0.15) is 0 Å². The summed E-state index contributed by atoms with van der Waals surface area (Å²) in [6.07, 6.45) is 1.67. The molecule has 0 saturated heterocycles. The van der Waals surface area contributed by atoms with Crippen molar-refractivity contribution in [3.63, 3.8) is 0 Å². The van der Waals surface area contributed by atoms with Crippen LogP contribution in [0.5, 0.6) is 5.75 Å². The maximum absolute atomic E-state index is 12.0. The summed E-state index contributed by atoms with van der Waals surface area (Å²) in [6.45, 7) is 2.00. The second-order valence-corrected chi connectivity index (χ2v) is 4.56. The van der Waals surface area contributed by atoms with Gasteiger partial charge in [0.05, 0.1) is 13.7 Å². The van der Waals surface area contributed by atoms with Crippen molar-refractivity contribution in [1.29, 1.82) is 0 Å². The summed E-state index contributed by atoms with van der Waals surface area (Å²) in [5, 5.41) is 18.8. The highest BCUT2D eigenvalue weighted by Crippen LogP contribution is 2.12. The van der Waals surface area contributed by atoms with Gasteiger partial charge < -0.3 is 19.4 Å². The number of pyridine rings is 1. The Morgan fingerprint density at radius 1 is 1.30 bits per heavy atom. The van der Waals surface area contributed by atoms with Crippen LogP contribution in [0.3, 0.4) is 0 Å². The minimum atomic E-state index is -1.59. The standard InChI is InChI=1S/C14H16BNO4/c1-10-4-3-7-16(14(10)17)9-11-8-12(20-2)5-6-13(11)15(18)19/h3-8,18-19H,9H2,1-2H3. The zero-order valence-corrected chi connectivity index (χ0v) is 11.4. The Bertz CT molecular complexity index is 666. The van der Waals surface area contributed by atoms with E-state index in [1.54, 1.807) is 43.5 Å². The van der Waals surface area contributed by atoms with Gasteiger partial charge in [-0.3, -0.25) is 4.79 Å². The molecule has 0 amide bonds. The van der Waals surface area contributed by atoms with Crippen LogP contribution in [0.25, 0.3) is 0 Å². The molecule has 0 aliphatic heterocycles. The Morgan fingerprint density at radius 3 is 2.70 bits per heavy atom. The molecule has 0 spiro atoms. The first kappa shape index (κ1) is 14.4. The third-order valence-electron chi connectivity index (χ3n) is 3.18. The molecule has 0 radical (unpaired) electrons. The molecule has 1 heterocycles. The van der Waals surface area contributed by atoms with E-state index in [1.165, 1.54) is 11.7 Å². The van der Waals surface area contributed by atoms with E-state index in [0.29, 0.717) is 22.3 Å². The summed E-state index contributed by atoms with van der Waals surface area (Å²) >= 11 is 0. The van der Waals surface area contributed by atoms with E-state index in [0.717, 1.165) is 0 Å². The maximum Gasteiger partial charge on any atom is 0.488 e. The van der Waals surface area contributed by atoms with E-state index >= 15 is 0 Å². The topological polar surface area (TPSA) is 71.7 Å². The van der Waals surface area contributed by atoms with Gasteiger partial charge in [-0.15, -0.1) is 0 Å². The molecule has 2 N–H and O–H groups in total. The number of benzene rings is 1. The van der Waals surface area contributed by atoms with Gasteiger partial charge in [0.15, 0.2) is 0 Å². The summed E-state index contributed by atoms with van der Waals surface area (Å²) in [7, 11) is -0.0519. The van der Waals surface area contributed by atoms with E-state index in [-0.39, 0.29) is 12.1 Å². The van der Waals surface area contributed by atoms with Crippen LogP contribution >= 0.6 is 0 Å². The normalized spacial score (nSPS) is 10.4. The van der Waals surface area contributed by atoms with Crippen LogP contribution < -0.4 is 15.8 Å². The van der Waals surface area contributed by atoms with Gasteiger partial charge in [0.2, 0.25) is 0 Å². The molecule has 0 aliphatic carbocycles. The monoisotopic (exact) mass is 273 g/mol. The van der Waals surface area contributed by atoms with Crippen molar-refractivity contribution in [2.24, 2.45) is 0 Å². The fourth-order valence-corrected chi connectivity index (χ4v) is 2.06. The highest BCUT2D eigenvalue weighted by molar-refractivity contribution is 6.59. The Kier molecular flexibility index (Phi) is 4.27. The molecule has 0 atom stereocenters. The van der Waals surface area contributed by atoms with E-state index in [2.05, 4.69) is 0 Å². The molecule has 0 bridgehead atoms. The zero-order valence-electron chi connectivity index (χ0n) is 11.4. The number of rotatable bonds is 4. The molecule has 1 aromatic heterocycles. The Labute approximate surface area is 117 Å². The molecule has 20 heavy (non-hydrogen) atoms. The molecule has 0 unspecified atom stereocenters. The van der Waals surface area contributed by atoms with E-state index in [1.807, 2.05) is 0 Å². The lowest BCUT2D eigenvalue weighted by Gasteiger charge is -2.13. The summed E-state index contributed by atoms with van der Waals surface area (Å²) < 4.78 is 6.65. The smallest absolute Gasteiger partial charge is 0.488 e. The molecule has 2 aromatic rings. The predicted molar refractivity (Wildman–Crippen MR) is 77.4 cm³/mol. The number of aryl methyl sites for hydroxylation is 1. The molecule has 0 saturated carbocycles. The first-order valence-electron chi connectivity index (χ1n) is 6.22. The average Bonchev–Trinajstić information content (AvgIpc) is 2.43. The van der Waals surface area contributed by atoms with Gasteiger partial charge in [0, 0.05) is 11.8 Å². The van der Waals surface area contributed by atoms with Crippen molar-refractivity contribution >= 4 is 12.6 Å². The SMILES string of the molecule is COc1ccc(B(O)O)c(Cn2cccc(C)c2=O)c1. The Morgan fingerprint density at radius 2 is 2.05 bits per heavy atom. The quantitative estimate of drug-likeness (QED) is 0.763. The van der Waals surface area contributed by atoms with Crippen molar-refractivity contribution in [2.75, 3.05) is 7.11 Å². The van der Waals surface area contributed by atoms with Crippen molar-refractivity contribution in [2.45, 2.75) is 13.5 Å². The summed E-state index contributed by atoms with van der Waals surface area (Å²) in [6, 6.07) is 8.46. The predicted octanol–water partition coefficient (Wildman–Crippen LogP) is -0.107. The Hall–Kier alpha value is -2.05. The van der Waals surface area contributed by atoms with Crippen LogP contribution in [0.1, 0.15) is 11.1 Å². The molecule has 2 rings (SSSR count). The number of nitrogens with zero attached hydrogens (tertiary/aromatic N) is 1. The van der Waals surface area contributed by atoms with E-state index in [4.69, 9.17) is 4.74 Å². The van der Waals surface area contributed by atoms with E-state index in [9.17, 15) is 14.8 Å². The summed E-state index contributed by atoms with van der Waals surface area (Å²) in [5.41, 5.74) is 1.53. The number of methoxy groups -OCH3 is 1. The summed E-state index contributed by atoms with van der Waals surface area (Å²) in [5.74, 6) is 0.602. The fraction of sp³-hybridized carbons (Fsp3) is 0.214. The molecule has 104 valence electrons. The summed E-state index contributed by atoms with van der Waals surface area (Å²) in [4.78, 5) is 12.0. The van der Waals surface area contributed by atoms with Gasteiger partial charge in [-0.25, -0.2) is 0 Å². The number of hydrogen-bond donors (Lipinski definition) is 2. The molecule has 0 fully saturated rings. The first-order chi connectivity index (χ1) is 9.52. The lowest BCUT2D eigenvalue weighted by atomic mass is 9.77. The minimum absolute atomic E-state index is 0.103. The van der Waals surface area contributed by atoms with Gasteiger partial charge >= 0.3 is 7.12 Å². The Balaban J connectivity index is 2.46. The van der Waals surface area contributed by atoms with Crippen molar-refractivity contribution in [3.05, 3.63) is 58.0 Å². The third kappa shape index (κ3) is 2.92. The lowest BCUT2D eigenvalue weighted by Crippen LogP contribution is -2.35. The molecule has 6 heteroatoms. The molecule has 0 aliphatic rings. The van der Waals surface area contributed by atoms with Gasteiger partial charge in [-0.1, -0.05) is 12.1 Å². The van der Waals surface area contributed by atoms with Crippen LogP contribution in [0.15, 0.2) is 41.3 Å². The molecular formula is C14H16BNO4. The highest BCUT2D eigenvalue weighted by Gasteiger charge is 2.17. The minimum Gasteiger partial charge on any atom is -0.497 e. The average molecular weight is 273 g/mol. The zero-order chi connectivity index (χ0) is 14.7. The highest BCUT2D eigenvalue weighted by atomic mass is 16.5. The van der Waals surface area contributed by atoms with Crippen molar-refractivity contribution in [3.8, 4) is 5.75 Å². The molecule has 5 nitrogen and oxygen atoms in total. The van der Waals surface area contributed by atoms with Crippen LogP contribution in [0, 0.1) is 6.92 Å². The fourth-order valence-electron chi connectivity index (χ4n) is 2.06. The maximum atomic E-state index is 12.0. The van der Waals surface area contributed by atoms with Crippen LogP contribution in [-0.4, -0.2) is 28.8 Å². The van der Waals surface area contributed by atoms with Crippen LogP contribution in [0.4, 0.5) is 0 Å². The molecule has 1 aromatic carbocycles. The van der Waals surface area contributed by atoms with Gasteiger partial charge in [-0.05, 0) is 36.1 Å². The van der Waals surface area contributed by atoms with E-state index < -0.39 is 7.12 Å². The van der Waals surface area contributed by atoms with Crippen molar-refractivity contribution < 1.29 is 14.8 Å².